The Morgan fingerprint density at radius 1 is 1.23 bits per heavy atom. The number of imidazole rings is 2. The molecule has 1 aliphatic rings. The predicted octanol–water partition coefficient (Wildman–Crippen LogP) is 2.47. The van der Waals surface area contributed by atoms with Crippen LogP contribution in [-0.4, -0.2) is 39.9 Å². The highest BCUT2D eigenvalue weighted by molar-refractivity contribution is 6.33. The van der Waals surface area contributed by atoms with Gasteiger partial charge in [0.25, 0.3) is 0 Å². The summed E-state index contributed by atoms with van der Waals surface area (Å²) in [4.78, 5) is 26.4. The van der Waals surface area contributed by atoms with E-state index in [0.29, 0.717) is 53.4 Å². The van der Waals surface area contributed by atoms with Crippen LogP contribution in [0, 0.1) is 11.3 Å². The van der Waals surface area contributed by atoms with E-state index in [4.69, 9.17) is 11.6 Å². The lowest BCUT2D eigenvalue weighted by Gasteiger charge is -2.26. The van der Waals surface area contributed by atoms with Gasteiger partial charge in [-0.2, -0.15) is 15.2 Å². The number of aromatic nitrogens is 6. The van der Waals surface area contributed by atoms with Crippen molar-refractivity contribution in [3.63, 3.8) is 0 Å². The van der Waals surface area contributed by atoms with Crippen LogP contribution in [0.3, 0.4) is 0 Å². The Morgan fingerprint density at radius 2 is 2.00 bits per heavy atom. The highest BCUT2D eigenvalue weighted by Crippen LogP contribution is 2.31. The molecule has 1 N–H and O–H groups in total. The second-order valence-corrected chi connectivity index (χ2v) is 7.95. The molecule has 10 heteroatoms. The summed E-state index contributed by atoms with van der Waals surface area (Å²) < 4.78 is 4.79. The predicted molar refractivity (Wildman–Crippen MR) is 111 cm³/mol. The Hall–Kier alpha value is -3.22. The fourth-order valence-electron chi connectivity index (χ4n) is 4.20. The molecule has 3 aromatic heterocycles. The topological polar surface area (TPSA) is 115 Å². The summed E-state index contributed by atoms with van der Waals surface area (Å²) in [6.07, 6.45) is 3.91. The van der Waals surface area contributed by atoms with E-state index in [9.17, 15) is 15.2 Å². The molecule has 30 heavy (non-hydrogen) atoms. The Morgan fingerprint density at radius 3 is 2.73 bits per heavy atom. The minimum Gasteiger partial charge on any atom is -0.393 e. The number of aliphatic hydroxyl groups excluding tert-OH is 1. The maximum Gasteiger partial charge on any atom is 0.330 e. The molecule has 3 heterocycles. The minimum absolute atomic E-state index is 0.0619. The SMILES string of the molecule is Cn1c(=O)n([C@H]2CC[C@H](O)CC2)c2nc(-n3cnc4ccc(C#N)cc43)nc(Cl)c21. The van der Waals surface area contributed by atoms with Gasteiger partial charge in [-0.25, -0.2) is 9.78 Å². The van der Waals surface area contributed by atoms with Gasteiger partial charge in [0, 0.05) is 13.1 Å². The van der Waals surface area contributed by atoms with E-state index in [0.717, 1.165) is 0 Å². The van der Waals surface area contributed by atoms with Gasteiger partial charge in [-0.3, -0.25) is 13.7 Å². The number of nitrogens with zero attached hydrogens (tertiary/aromatic N) is 7. The lowest BCUT2D eigenvalue weighted by molar-refractivity contribution is 0.110. The minimum atomic E-state index is -0.327. The second kappa shape index (κ2) is 6.93. The van der Waals surface area contributed by atoms with Gasteiger partial charge in [0.2, 0.25) is 5.95 Å². The summed E-state index contributed by atoms with van der Waals surface area (Å²) in [6, 6.07) is 7.23. The molecule has 0 atom stereocenters. The molecule has 0 amide bonds. The molecular formula is C20H18ClN7O2. The first-order valence-corrected chi connectivity index (χ1v) is 10.1. The first-order valence-electron chi connectivity index (χ1n) is 9.68. The molecule has 9 nitrogen and oxygen atoms in total. The number of hydrogen-bond donors (Lipinski definition) is 1. The lowest BCUT2D eigenvalue weighted by Crippen LogP contribution is -2.30. The number of nitriles is 1. The molecule has 0 aliphatic heterocycles. The molecule has 1 aliphatic carbocycles. The molecule has 0 unspecified atom stereocenters. The molecule has 5 rings (SSSR count). The van der Waals surface area contributed by atoms with Crippen molar-refractivity contribution in [2.45, 2.75) is 37.8 Å². The van der Waals surface area contributed by atoms with Crippen LogP contribution in [0.4, 0.5) is 0 Å². The Labute approximate surface area is 175 Å². The van der Waals surface area contributed by atoms with Gasteiger partial charge in [-0.05, 0) is 43.9 Å². The largest absolute Gasteiger partial charge is 0.393 e. The number of fused-ring (bicyclic) bond motifs is 2. The fourth-order valence-corrected chi connectivity index (χ4v) is 4.49. The third-order valence-electron chi connectivity index (χ3n) is 5.79. The summed E-state index contributed by atoms with van der Waals surface area (Å²) in [5, 5.41) is 19.2. The number of rotatable bonds is 2. The molecule has 1 saturated carbocycles. The zero-order chi connectivity index (χ0) is 21.0. The molecule has 0 spiro atoms. The van der Waals surface area contributed by atoms with E-state index in [1.54, 1.807) is 40.7 Å². The molecule has 0 bridgehead atoms. The zero-order valence-corrected chi connectivity index (χ0v) is 16.9. The summed E-state index contributed by atoms with van der Waals surface area (Å²) >= 11 is 6.49. The Balaban J connectivity index is 1.73. The molecule has 4 aromatic rings. The van der Waals surface area contributed by atoms with Crippen molar-refractivity contribution in [3.8, 4) is 12.0 Å². The highest BCUT2D eigenvalue weighted by Gasteiger charge is 2.27. The van der Waals surface area contributed by atoms with Gasteiger partial charge in [-0.1, -0.05) is 11.6 Å². The average molecular weight is 424 g/mol. The first-order chi connectivity index (χ1) is 14.5. The third-order valence-corrected chi connectivity index (χ3v) is 6.05. The summed E-state index contributed by atoms with van der Waals surface area (Å²) in [5.41, 5.74) is 2.59. The zero-order valence-electron chi connectivity index (χ0n) is 16.2. The number of aliphatic hydroxyl groups is 1. The van der Waals surface area contributed by atoms with Crippen molar-refractivity contribution < 1.29 is 5.11 Å². The van der Waals surface area contributed by atoms with Crippen LogP contribution in [0.25, 0.3) is 28.1 Å². The van der Waals surface area contributed by atoms with E-state index in [2.05, 4.69) is 21.0 Å². The number of halogens is 1. The van der Waals surface area contributed by atoms with Gasteiger partial charge in [0.05, 0.1) is 28.8 Å². The second-order valence-electron chi connectivity index (χ2n) is 7.59. The van der Waals surface area contributed by atoms with Crippen LogP contribution in [0.2, 0.25) is 5.15 Å². The van der Waals surface area contributed by atoms with Crippen molar-refractivity contribution in [3.05, 3.63) is 45.7 Å². The highest BCUT2D eigenvalue weighted by atomic mass is 35.5. The molecule has 1 aromatic carbocycles. The fraction of sp³-hybridized carbons (Fsp3) is 0.350. The van der Waals surface area contributed by atoms with Crippen LogP contribution >= 0.6 is 11.6 Å². The van der Waals surface area contributed by atoms with Gasteiger partial charge in [0.1, 0.15) is 11.8 Å². The number of hydrogen-bond acceptors (Lipinski definition) is 6. The standard InChI is InChI=1S/C20H18ClN7O2/c1-26-16-17(21)24-19(27-10-23-14-7-2-11(9-22)8-15(14)27)25-18(16)28(20(26)30)12-3-5-13(29)6-4-12/h2,7-8,10,12-13,29H,3-6H2,1H3/t12-,13-. The molecular weight excluding hydrogens is 406 g/mol. The summed E-state index contributed by atoms with van der Waals surface area (Å²) in [7, 11) is 1.65. The van der Waals surface area contributed by atoms with Crippen LogP contribution in [0.5, 0.6) is 0 Å². The van der Waals surface area contributed by atoms with Crippen molar-refractivity contribution in [1.29, 1.82) is 5.26 Å². The van der Waals surface area contributed by atoms with E-state index in [1.165, 1.54) is 4.57 Å². The van der Waals surface area contributed by atoms with Crippen LogP contribution in [-0.2, 0) is 7.05 Å². The summed E-state index contributed by atoms with van der Waals surface area (Å²) in [5.74, 6) is 0.278. The normalized spacial score (nSPS) is 19.4. The van der Waals surface area contributed by atoms with Crippen molar-refractivity contribution in [1.82, 2.24) is 28.7 Å². The van der Waals surface area contributed by atoms with Crippen LogP contribution in [0.15, 0.2) is 29.3 Å². The molecule has 152 valence electrons. The third kappa shape index (κ3) is 2.80. The van der Waals surface area contributed by atoms with E-state index >= 15 is 0 Å². The monoisotopic (exact) mass is 423 g/mol. The van der Waals surface area contributed by atoms with Crippen molar-refractivity contribution in [2.24, 2.45) is 7.05 Å². The van der Waals surface area contributed by atoms with E-state index < -0.39 is 0 Å². The Bertz CT molecular complexity index is 1390. The van der Waals surface area contributed by atoms with Gasteiger partial charge in [-0.15, -0.1) is 0 Å². The van der Waals surface area contributed by atoms with E-state index in [-0.39, 0.29) is 28.9 Å². The first kappa shape index (κ1) is 18.8. The average Bonchev–Trinajstić information content (AvgIpc) is 3.27. The van der Waals surface area contributed by atoms with E-state index in [1.807, 2.05) is 0 Å². The number of benzene rings is 1. The van der Waals surface area contributed by atoms with Crippen molar-refractivity contribution in [2.75, 3.05) is 0 Å². The molecule has 0 saturated heterocycles. The Kier molecular flexibility index (Phi) is 4.34. The van der Waals surface area contributed by atoms with Gasteiger partial charge >= 0.3 is 5.69 Å². The smallest absolute Gasteiger partial charge is 0.330 e. The maximum absolute atomic E-state index is 13.0. The van der Waals surface area contributed by atoms with Gasteiger partial charge < -0.3 is 5.11 Å². The van der Waals surface area contributed by atoms with Crippen molar-refractivity contribution >= 4 is 33.8 Å². The molecule has 1 fully saturated rings. The number of aryl methyl sites for hydroxylation is 1. The van der Waals surface area contributed by atoms with Crippen LogP contribution in [0.1, 0.15) is 37.3 Å². The van der Waals surface area contributed by atoms with Crippen LogP contribution < -0.4 is 5.69 Å². The maximum atomic E-state index is 13.0. The molecule has 0 radical (unpaired) electrons. The van der Waals surface area contributed by atoms with Gasteiger partial charge in [0.15, 0.2) is 10.8 Å². The lowest BCUT2D eigenvalue weighted by atomic mass is 9.93. The quantitative estimate of drug-likeness (QED) is 0.495. The summed E-state index contributed by atoms with van der Waals surface area (Å²) in [6.45, 7) is 0.